The minimum absolute atomic E-state index is 0.125. The largest absolute Gasteiger partial charge is 0.481 e. The molecule has 0 saturated carbocycles. The highest BCUT2D eigenvalue weighted by atomic mass is 19.4. The van der Waals surface area contributed by atoms with Gasteiger partial charge in [-0.05, 0) is 12.1 Å². The number of alkyl halides is 3. The van der Waals surface area contributed by atoms with E-state index in [4.69, 9.17) is 0 Å². The summed E-state index contributed by atoms with van der Waals surface area (Å²) in [6.45, 7) is 5.78. The molecule has 2 atom stereocenters. The average Bonchev–Trinajstić information content (AvgIpc) is 3.20. The smallest absolute Gasteiger partial charge is 0.393 e. The highest BCUT2D eigenvalue weighted by Crippen LogP contribution is 2.38. The summed E-state index contributed by atoms with van der Waals surface area (Å²) in [5, 5.41) is 13.9. The van der Waals surface area contributed by atoms with Crippen LogP contribution in [-0.2, 0) is 16.8 Å². The van der Waals surface area contributed by atoms with Gasteiger partial charge < -0.3 is 5.11 Å². The van der Waals surface area contributed by atoms with Crippen molar-refractivity contribution in [3.63, 3.8) is 0 Å². The van der Waals surface area contributed by atoms with E-state index in [1.807, 2.05) is 57.3 Å². The number of rotatable bonds is 4. The molecule has 0 unspecified atom stereocenters. The van der Waals surface area contributed by atoms with Crippen LogP contribution in [0.1, 0.15) is 32.0 Å². The van der Waals surface area contributed by atoms with Crippen LogP contribution in [0, 0.1) is 11.8 Å². The molecule has 1 fully saturated rings. The monoisotopic (exact) mass is 395 g/mol. The van der Waals surface area contributed by atoms with Crippen molar-refractivity contribution in [1.29, 1.82) is 0 Å². The molecular formula is C20H24F3N3O2. The highest BCUT2D eigenvalue weighted by molar-refractivity contribution is 5.71. The molecule has 0 amide bonds. The molecule has 5 nitrogen and oxygen atoms in total. The van der Waals surface area contributed by atoms with Gasteiger partial charge in [0.05, 0.1) is 23.2 Å². The maximum absolute atomic E-state index is 13.3. The molecule has 1 N–H and O–H groups in total. The molecule has 0 radical (unpaired) electrons. The number of para-hydroxylation sites is 1. The summed E-state index contributed by atoms with van der Waals surface area (Å²) in [6.07, 6.45) is -2.70. The number of aliphatic carboxylic acids is 1. The lowest BCUT2D eigenvalue weighted by Crippen LogP contribution is -2.33. The molecule has 3 rings (SSSR count). The van der Waals surface area contributed by atoms with E-state index >= 15 is 0 Å². The first-order chi connectivity index (χ1) is 13.0. The molecule has 1 saturated heterocycles. The molecule has 8 heteroatoms. The first-order valence-electron chi connectivity index (χ1n) is 9.13. The Morgan fingerprint density at radius 2 is 1.82 bits per heavy atom. The Balaban J connectivity index is 1.90. The van der Waals surface area contributed by atoms with Gasteiger partial charge in [0.25, 0.3) is 0 Å². The molecular weight excluding hydrogens is 371 g/mol. The SMILES string of the molecule is CC(C)(C)c1nn(-c2ccccc2)cc1CN1C[C@@H](C(F)(F)F)[C@H](C(=O)O)C1. The third-order valence-corrected chi connectivity index (χ3v) is 5.05. The topological polar surface area (TPSA) is 58.4 Å². The van der Waals surface area contributed by atoms with Gasteiger partial charge in [-0.25, -0.2) is 4.68 Å². The van der Waals surface area contributed by atoms with Crippen molar-refractivity contribution in [3.05, 3.63) is 47.8 Å². The van der Waals surface area contributed by atoms with Gasteiger partial charge in [-0.1, -0.05) is 39.0 Å². The molecule has 0 bridgehead atoms. The standard InChI is InChI=1S/C20H24F3N3O2/c1-19(2,3)17-13(10-26(24-17)14-7-5-4-6-8-14)9-25-11-15(18(27)28)16(12-25)20(21,22)23/h4-8,10,15-16H,9,11-12H2,1-3H3,(H,27,28)/t15-,16-/m1/s1. The van der Waals surface area contributed by atoms with Gasteiger partial charge in [0.1, 0.15) is 0 Å². The van der Waals surface area contributed by atoms with Crippen LogP contribution in [0.2, 0.25) is 0 Å². The fourth-order valence-corrected chi connectivity index (χ4v) is 3.71. The fraction of sp³-hybridized carbons (Fsp3) is 0.500. The van der Waals surface area contributed by atoms with E-state index in [2.05, 4.69) is 5.10 Å². The summed E-state index contributed by atoms with van der Waals surface area (Å²) < 4.78 is 41.5. The minimum Gasteiger partial charge on any atom is -0.481 e. The molecule has 152 valence electrons. The Morgan fingerprint density at radius 3 is 2.32 bits per heavy atom. The number of carboxylic acid groups (broad SMARTS) is 1. The minimum atomic E-state index is -4.53. The number of carboxylic acids is 1. The number of aromatic nitrogens is 2. The first-order valence-corrected chi connectivity index (χ1v) is 9.13. The summed E-state index contributed by atoms with van der Waals surface area (Å²) in [6, 6.07) is 9.48. The zero-order valence-electron chi connectivity index (χ0n) is 16.1. The van der Waals surface area contributed by atoms with E-state index in [9.17, 15) is 23.1 Å². The van der Waals surface area contributed by atoms with Crippen molar-refractivity contribution < 1.29 is 23.1 Å². The highest BCUT2D eigenvalue weighted by Gasteiger charge is 2.52. The van der Waals surface area contributed by atoms with Crippen molar-refractivity contribution in [2.45, 2.75) is 38.9 Å². The second-order valence-corrected chi connectivity index (χ2v) is 8.32. The van der Waals surface area contributed by atoms with E-state index in [-0.39, 0.29) is 25.0 Å². The summed E-state index contributed by atoms with van der Waals surface area (Å²) in [7, 11) is 0. The Hall–Kier alpha value is -2.35. The molecule has 0 aliphatic carbocycles. The third kappa shape index (κ3) is 4.22. The van der Waals surface area contributed by atoms with Gasteiger partial charge in [0, 0.05) is 36.8 Å². The average molecular weight is 395 g/mol. The van der Waals surface area contributed by atoms with Gasteiger partial charge in [-0.2, -0.15) is 18.3 Å². The molecule has 2 heterocycles. The van der Waals surface area contributed by atoms with Crippen LogP contribution in [0.3, 0.4) is 0 Å². The number of hydrogen-bond donors (Lipinski definition) is 1. The second kappa shape index (κ2) is 7.24. The summed E-state index contributed by atoms with van der Waals surface area (Å²) >= 11 is 0. The van der Waals surface area contributed by atoms with Gasteiger partial charge in [-0.3, -0.25) is 9.69 Å². The maximum Gasteiger partial charge on any atom is 0.393 e. The number of benzene rings is 1. The zero-order chi connectivity index (χ0) is 20.7. The lowest BCUT2D eigenvalue weighted by Gasteiger charge is -2.21. The van der Waals surface area contributed by atoms with Crippen molar-refractivity contribution >= 4 is 5.97 Å². The van der Waals surface area contributed by atoms with Crippen LogP contribution < -0.4 is 0 Å². The molecule has 1 aliphatic rings. The number of hydrogen-bond acceptors (Lipinski definition) is 3. The van der Waals surface area contributed by atoms with Gasteiger partial charge in [0.15, 0.2) is 0 Å². The van der Waals surface area contributed by atoms with Gasteiger partial charge >= 0.3 is 12.1 Å². The third-order valence-electron chi connectivity index (χ3n) is 5.05. The summed E-state index contributed by atoms with van der Waals surface area (Å²) in [5.74, 6) is -4.70. The van der Waals surface area contributed by atoms with Gasteiger partial charge in [0.2, 0.25) is 0 Å². The Bertz CT molecular complexity index is 841. The van der Waals surface area contributed by atoms with E-state index in [1.54, 1.807) is 9.58 Å². The van der Waals surface area contributed by atoms with E-state index in [1.165, 1.54) is 0 Å². The number of likely N-dealkylation sites (tertiary alicyclic amines) is 1. The Kier molecular flexibility index (Phi) is 5.27. The predicted octanol–water partition coefficient (Wildman–Crippen LogP) is 3.86. The molecule has 1 aromatic carbocycles. The van der Waals surface area contributed by atoms with Crippen LogP contribution in [0.25, 0.3) is 5.69 Å². The molecule has 1 aliphatic heterocycles. The zero-order valence-corrected chi connectivity index (χ0v) is 16.1. The Morgan fingerprint density at radius 1 is 1.18 bits per heavy atom. The maximum atomic E-state index is 13.3. The number of halogens is 3. The molecule has 1 aromatic heterocycles. The van der Waals surface area contributed by atoms with Crippen LogP contribution in [0.15, 0.2) is 36.5 Å². The van der Waals surface area contributed by atoms with Crippen molar-refractivity contribution in [2.24, 2.45) is 11.8 Å². The van der Waals surface area contributed by atoms with Crippen LogP contribution in [0.5, 0.6) is 0 Å². The molecule has 2 aromatic rings. The van der Waals surface area contributed by atoms with Crippen molar-refractivity contribution in [2.75, 3.05) is 13.1 Å². The fourth-order valence-electron chi connectivity index (χ4n) is 3.71. The van der Waals surface area contributed by atoms with E-state index < -0.39 is 24.0 Å². The normalized spacial score (nSPS) is 21.2. The van der Waals surface area contributed by atoms with Crippen LogP contribution in [0.4, 0.5) is 13.2 Å². The number of carbonyl (C=O) groups is 1. The number of nitrogens with zero attached hydrogens (tertiary/aromatic N) is 3. The molecule has 0 spiro atoms. The predicted molar refractivity (Wildman–Crippen MR) is 98.2 cm³/mol. The Labute approximate surface area is 161 Å². The lowest BCUT2D eigenvalue weighted by molar-refractivity contribution is -0.188. The quantitative estimate of drug-likeness (QED) is 0.854. The van der Waals surface area contributed by atoms with E-state index in [0.29, 0.717) is 0 Å². The lowest BCUT2D eigenvalue weighted by atomic mass is 9.89. The van der Waals surface area contributed by atoms with Crippen LogP contribution in [-0.4, -0.2) is 45.0 Å². The molecule has 28 heavy (non-hydrogen) atoms. The van der Waals surface area contributed by atoms with Crippen molar-refractivity contribution in [3.8, 4) is 5.69 Å². The summed E-state index contributed by atoms with van der Waals surface area (Å²) in [4.78, 5) is 12.9. The van der Waals surface area contributed by atoms with Crippen LogP contribution >= 0.6 is 0 Å². The van der Waals surface area contributed by atoms with E-state index in [0.717, 1.165) is 16.9 Å². The van der Waals surface area contributed by atoms with Crippen molar-refractivity contribution in [1.82, 2.24) is 14.7 Å². The van der Waals surface area contributed by atoms with Gasteiger partial charge in [-0.15, -0.1) is 0 Å². The summed E-state index contributed by atoms with van der Waals surface area (Å²) in [5.41, 5.74) is 2.16. The second-order valence-electron chi connectivity index (χ2n) is 8.32. The first kappa shape index (κ1) is 20.4.